The Labute approximate surface area is 176 Å². The third kappa shape index (κ3) is 4.97. The molecule has 158 valence electrons. The fourth-order valence-electron chi connectivity index (χ4n) is 3.41. The molecule has 0 saturated heterocycles. The molecule has 2 N–H and O–H groups in total. The molecule has 0 unspecified atom stereocenters. The molecule has 0 atom stereocenters. The molecule has 2 aromatic rings. The Morgan fingerprint density at radius 3 is 2.47 bits per heavy atom. The predicted molar refractivity (Wildman–Crippen MR) is 115 cm³/mol. The first-order chi connectivity index (χ1) is 14.4. The summed E-state index contributed by atoms with van der Waals surface area (Å²) in [6, 6.07) is 12.6. The topological polar surface area (TPSA) is 87.7 Å². The zero-order valence-electron chi connectivity index (χ0n) is 17.5. The van der Waals surface area contributed by atoms with Gasteiger partial charge in [0, 0.05) is 30.4 Å². The van der Waals surface area contributed by atoms with Crippen LogP contribution in [0.25, 0.3) is 0 Å². The minimum Gasteiger partial charge on any atom is -0.497 e. The van der Waals surface area contributed by atoms with Gasteiger partial charge in [-0.15, -0.1) is 0 Å². The first kappa shape index (κ1) is 21.4. The van der Waals surface area contributed by atoms with E-state index in [1.54, 1.807) is 30.2 Å². The van der Waals surface area contributed by atoms with Crippen LogP contribution in [0.4, 0.5) is 11.4 Å². The lowest BCUT2D eigenvalue weighted by molar-refractivity contribution is -0.136. The maximum atomic E-state index is 12.4. The largest absolute Gasteiger partial charge is 0.497 e. The van der Waals surface area contributed by atoms with E-state index in [9.17, 15) is 14.4 Å². The molecule has 0 bridgehead atoms. The highest BCUT2D eigenvalue weighted by Crippen LogP contribution is 2.30. The van der Waals surface area contributed by atoms with Crippen LogP contribution in [-0.2, 0) is 27.3 Å². The van der Waals surface area contributed by atoms with E-state index in [1.165, 1.54) is 0 Å². The zero-order chi connectivity index (χ0) is 21.7. The fraction of sp³-hybridized carbons (Fsp3) is 0.348. The Morgan fingerprint density at radius 2 is 1.80 bits per heavy atom. The summed E-state index contributed by atoms with van der Waals surface area (Å²) in [6.07, 6.45) is 1.69. The molecule has 1 heterocycles. The number of nitrogens with zero attached hydrogens (tertiary/aromatic N) is 1. The number of hydrogen-bond acceptors (Lipinski definition) is 4. The van der Waals surface area contributed by atoms with Crippen molar-refractivity contribution in [3.8, 4) is 5.75 Å². The Bertz CT molecular complexity index is 938. The number of anilines is 2. The summed E-state index contributed by atoms with van der Waals surface area (Å²) in [6.45, 7) is 4.71. The van der Waals surface area contributed by atoms with Gasteiger partial charge in [0.25, 0.3) is 0 Å². The number of aryl methyl sites for hydroxylation is 1. The lowest BCUT2D eigenvalue weighted by atomic mass is 9.99. The second-order valence-electron chi connectivity index (χ2n) is 7.58. The summed E-state index contributed by atoms with van der Waals surface area (Å²) >= 11 is 0. The van der Waals surface area contributed by atoms with Crippen molar-refractivity contribution in [2.75, 3.05) is 23.9 Å². The average molecular weight is 409 g/mol. The monoisotopic (exact) mass is 409 g/mol. The van der Waals surface area contributed by atoms with Crippen LogP contribution in [-0.4, -0.2) is 31.4 Å². The van der Waals surface area contributed by atoms with E-state index in [4.69, 9.17) is 4.74 Å². The van der Waals surface area contributed by atoms with Crippen LogP contribution >= 0.6 is 0 Å². The number of benzene rings is 2. The first-order valence-corrected chi connectivity index (χ1v) is 10.1. The van der Waals surface area contributed by atoms with Crippen molar-refractivity contribution in [1.82, 2.24) is 5.32 Å². The maximum absolute atomic E-state index is 12.4. The average Bonchev–Trinajstić information content (AvgIpc) is 2.76. The molecule has 0 radical (unpaired) electrons. The molecule has 30 heavy (non-hydrogen) atoms. The lowest BCUT2D eigenvalue weighted by Crippen LogP contribution is -2.38. The Kier molecular flexibility index (Phi) is 6.72. The van der Waals surface area contributed by atoms with Crippen LogP contribution in [0.5, 0.6) is 5.75 Å². The van der Waals surface area contributed by atoms with E-state index >= 15 is 0 Å². The smallest absolute Gasteiger partial charge is 0.313 e. The summed E-state index contributed by atoms with van der Waals surface area (Å²) in [4.78, 5) is 38.6. The van der Waals surface area contributed by atoms with Crippen molar-refractivity contribution in [2.24, 2.45) is 5.92 Å². The molecule has 3 amide bonds. The van der Waals surface area contributed by atoms with Gasteiger partial charge >= 0.3 is 11.8 Å². The Balaban J connectivity index is 1.61. The predicted octanol–water partition coefficient (Wildman–Crippen LogP) is 2.89. The molecule has 3 rings (SSSR count). The summed E-state index contributed by atoms with van der Waals surface area (Å²) in [7, 11) is 1.58. The normalized spacial score (nSPS) is 12.9. The van der Waals surface area contributed by atoms with Crippen molar-refractivity contribution >= 4 is 29.1 Å². The quantitative estimate of drug-likeness (QED) is 0.744. The fourth-order valence-corrected chi connectivity index (χ4v) is 3.41. The number of carbonyl (C=O) groups is 3. The van der Waals surface area contributed by atoms with Crippen LogP contribution in [0.15, 0.2) is 42.5 Å². The van der Waals surface area contributed by atoms with E-state index in [2.05, 4.69) is 10.6 Å². The molecular weight excluding hydrogens is 382 g/mol. The van der Waals surface area contributed by atoms with Crippen molar-refractivity contribution in [3.05, 3.63) is 53.6 Å². The summed E-state index contributed by atoms with van der Waals surface area (Å²) in [5.41, 5.74) is 3.27. The van der Waals surface area contributed by atoms with Crippen LogP contribution < -0.4 is 20.3 Å². The van der Waals surface area contributed by atoms with Gasteiger partial charge in [-0.25, -0.2) is 0 Å². The molecule has 0 saturated carbocycles. The van der Waals surface area contributed by atoms with Gasteiger partial charge < -0.3 is 20.3 Å². The molecule has 7 heteroatoms. The number of hydrogen-bond donors (Lipinski definition) is 2. The highest BCUT2D eigenvalue weighted by molar-refractivity contribution is 6.39. The van der Waals surface area contributed by atoms with Crippen LogP contribution in [0.3, 0.4) is 0 Å². The third-order valence-corrected chi connectivity index (χ3v) is 5.03. The van der Waals surface area contributed by atoms with E-state index in [0.29, 0.717) is 12.2 Å². The lowest BCUT2D eigenvalue weighted by Gasteiger charge is -2.31. The van der Waals surface area contributed by atoms with Gasteiger partial charge in [0.05, 0.1) is 7.11 Å². The number of ether oxygens (including phenoxy) is 1. The summed E-state index contributed by atoms with van der Waals surface area (Å²) in [5, 5.41) is 5.25. The van der Waals surface area contributed by atoms with Crippen LogP contribution in [0.2, 0.25) is 0 Å². The van der Waals surface area contributed by atoms with Crippen molar-refractivity contribution < 1.29 is 19.1 Å². The maximum Gasteiger partial charge on any atom is 0.313 e. The van der Waals surface area contributed by atoms with Crippen molar-refractivity contribution in [1.29, 1.82) is 0 Å². The summed E-state index contributed by atoms with van der Waals surface area (Å²) in [5.74, 6) is -0.700. The van der Waals surface area contributed by atoms with Crippen LogP contribution in [0.1, 0.15) is 31.4 Å². The van der Waals surface area contributed by atoms with E-state index < -0.39 is 11.8 Å². The molecular formula is C23H27N3O4. The third-order valence-electron chi connectivity index (χ3n) is 5.03. The second kappa shape index (κ2) is 9.43. The van der Waals surface area contributed by atoms with Gasteiger partial charge in [0.2, 0.25) is 5.91 Å². The van der Waals surface area contributed by atoms with Gasteiger partial charge in [-0.05, 0) is 54.3 Å². The molecule has 0 spiro atoms. The van der Waals surface area contributed by atoms with Gasteiger partial charge in [-0.1, -0.05) is 26.0 Å². The van der Waals surface area contributed by atoms with Gasteiger partial charge in [-0.2, -0.15) is 0 Å². The van der Waals surface area contributed by atoms with Crippen molar-refractivity contribution in [3.63, 3.8) is 0 Å². The van der Waals surface area contributed by atoms with Gasteiger partial charge in [0.1, 0.15) is 5.75 Å². The minimum absolute atomic E-state index is 0.0790. The number of nitrogens with one attached hydrogen (secondary N) is 2. The highest BCUT2D eigenvalue weighted by Gasteiger charge is 2.25. The molecule has 0 aliphatic carbocycles. The van der Waals surface area contributed by atoms with E-state index in [-0.39, 0.29) is 18.4 Å². The molecule has 1 aliphatic rings. The van der Waals surface area contributed by atoms with Gasteiger partial charge in [0.15, 0.2) is 0 Å². The SMILES string of the molecule is COc1ccc(CNC(=O)C(=O)Nc2ccc3c(c2)CCCN3C(=O)C(C)C)cc1. The second-order valence-corrected chi connectivity index (χ2v) is 7.58. The number of fused-ring (bicyclic) bond motifs is 1. The number of rotatable bonds is 5. The molecule has 7 nitrogen and oxygen atoms in total. The van der Waals surface area contributed by atoms with Crippen LogP contribution in [0, 0.1) is 5.92 Å². The first-order valence-electron chi connectivity index (χ1n) is 10.1. The molecule has 2 aromatic carbocycles. The standard InChI is InChI=1S/C23H27N3O4/c1-15(2)23(29)26-12-4-5-17-13-18(8-11-20(17)26)25-22(28)21(27)24-14-16-6-9-19(30-3)10-7-16/h6-11,13,15H,4-5,12,14H2,1-3H3,(H,24,27)(H,25,28). The van der Waals surface area contributed by atoms with Crippen molar-refractivity contribution in [2.45, 2.75) is 33.2 Å². The Morgan fingerprint density at radius 1 is 1.07 bits per heavy atom. The number of amides is 3. The number of methoxy groups -OCH3 is 1. The van der Waals surface area contributed by atoms with E-state index in [0.717, 1.165) is 35.4 Å². The minimum atomic E-state index is -0.727. The molecule has 0 aromatic heterocycles. The Hall–Kier alpha value is -3.35. The van der Waals surface area contributed by atoms with Gasteiger partial charge in [-0.3, -0.25) is 14.4 Å². The molecule has 0 fully saturated rings. The molecule has 1 aliphatic heterocycles. The van der Waals surface area contributed by atoms with E-state index in [1.807, 2.05) is 38.1 Å². The summed E-state index contributed by atoms with van der Waals surface area (Å²) < 4.78 is 5.10. The highest BCUT2D eigenvalue weighted by atomic mass is 16.5. The zero-order valence-corrected chi connectivity index (χ0v) is 17.5. The number of carbonyl (C=O) groups excluding carboxylic acids is 3.